The lowest BCUT2D eigenvalue weighted by atomic mass is 10.2. The Morgan fingerprint density at radius 2 is 2.10 bits per heavy atom. The third kappa shape index (κ3) is 3.98. The molecule has 0 fully saturated rings. The van der Waals surface area contributed by atoms with Crippen molar-refractivity contribution in [2.45, 2.75) is 6.92 Å². The SMILES string of the molecule is Cc1ccc(Cl)cc1NC(=O)COc1ccccc1C#N. The summed E-state index contributed by atoms with van der Waals surface area (Å²) in [5, 5.41) is 12.2. The monoisotopic (exact) mass is 300 g/mol. The van der Waals surface area contributed by atoms with E-state index in [1.54, 1.807) is 36.4 Å². The second-order valence-corrected chi connectivity index (χ2v) is 4.84. The highest BCUT2D eigenvalue weighted by atomic mass is 35.5. The lowest BCUT2D eigenvalue weighted by Gasteiger charge is -2.10. The summed E-state index contributed by atoms with van der Waals surface area (Å²) in [6, 6.07) is 14.0. The van der Waals surface area contributed by atoms with Gasteiger partial charge in [-0.05, 0) is 36.8 Å². The van der Waals surface area contributed by atoms with Crippen molar-refractivity contribution in [2.75, 3.05) is 11.9 Å². The van der Waals surface area contributed by atoms with Crippen LogP contribution < -0.4 is 10.1 Å². The fraction of sp³-hybridized carbons (Fsp3) is 0.125. The second kappa shape index (κ2) is 6.78. The summed E-state index contributed by atoms with van der Waals surface area (Å²) in [5.74, 6) is 0.0751. The van der Waals surface area contributed by atoms with E-state index in [2.05, 4.69) is 5.32 Å². The van der Waals surface area contributed by atoms with Gasteiger partial charge in [-0.2, -0.15) is 5.26 Å². The summed E-state index contributed by atoms with van der Waals surface area (Å²) in [5.41, 5.74) is 1.94. The first kappa shape index (κ1) is 14.9. The van der Waals surface area contributed by atoms with E-state index in [9.17, 15) is 4.79 Å². The Balaban J connectivity index is 2.00. The first-order valence-corrected chi connectivity index (χ1v) is 6.66. The highest BCUT2D eigenvalue weighted by Gasteiger charge is 2.08. The molecule has 1 N–H and O–H groups in total. The van der Waals surface area contributed by atoms with Gasteiger partial charge in [0.15, 0.2) is 6.61 Å². The Morgan fingerprint density at radius 1 is 1.33 bits per heavy atom. The number of anilines is 1. The standard InChI is InChI=1S/C16H13ClN2O2/c1-11-6-7-13(17)8-14(11)19-16(20)10-21-15-5-3-2-4-12(15)9-18/h2-8H,10H2,1H3,(H,19,20). The lowest BCUT2D eigenvalue weighted by Crippen LogP contribution is -2.20. The number of nitrogens with one attached hydrogen (secondary N) is 1. The van der Waals surface area contributed by atoms with Crippen molar-refractivity contribution in [2.24, 2.45) is 0 Å². The summed E-state index contributed by atoms with van der Waals surface area (Å²) < 4.78 is 5.36. The molecule has 4 nitrogen and oxygen atoms in total. The third-order valence-corrected chi connectivity index (χ3v) is 3.08. The molecule has 0 spiro atoms. The van der Waals surface area contributed by atoms with Crippen LogP contribution in [-0.2, 0) is 4.79 Å². The van der Waals surface area contributed by atoms with E-state index in [0.717, 1.165) is 5.56 Å². The Labute approximate surface area is 127 Å². The lowest BCUT2D eigenvalue weighted by molar-refractivity contribution is -0.118. The molecular weight excluding hydrogens is 288 g/mol. The normalized spacial score (nSPS) is 9.76. The van der Waals surface area contributed by atoms with Crippen LogP contribution in [0.5, 0.6) is 5.75 Å². The van der Waals surface area contributed by atoms with Crippen LogP contribution in [0.1, 0.15) is 11.1 Å². The fourth-order valence-electron chi connectivity index (χ4n) is 1.74. The summed E-state index contributed by atoms with van der Waals surface area (Å²) in [4.78, 5) is 11.9. The van der Waals surface area contributed by atoms with Gasteiger partial charge in [-0.15, -0.1) is 0 Å². The molecule has 0 saturated heterocycles. The van der Waals surface area contributed by atoms with Crippen molar-refractivity contribution in [1.82, 2.24) is 0 Å². The van der Waals surface area contributed by atoms with Crippen LogP contribution >= 0.6 is 11.6 Å². The molecule has 5 heteroatoms. The minimum atomic E-state index is -0.312. The highest BCUT2D eigenvalue weighted by molar-refractivity contribution is 6.31. The van der Waals surface area contributed by atoms with Crippen molar-refractivity contribution in [3.63, 3.8) is 0 Å². The number of nitriles is 1. The van der Waals surface area contributed by atoms with E-state index in [4.69, 9.17) is 21.6 Å². The Kier molecular flexibility index (Phi) is 4.81. The quantitative estimate of drug-likeness (QED) is 0.939. The number of halogens is 1. The first-order valence-electron chi connectivity index (χ1n) is 6.28. The number of carbonyl (C=O) groups is 1. The summed E-state index contributed by atoms with van der Waals surface area (Å²) in [6.07, 6.45) is 0. The Hall–Kier alpha value is -2.51. The molecule has 0 atom stereocenters. The minimum absolute atomic E-state index is 0.176. The van der Waals surface area contributed by atoms with E-state index in [-0.39, 0.29) is 12.5 Å². The molecule has 2 aromatic rings. The van der Waals surface area contributed by atoms with Gasteiger partial charge < -0.3 is 10.1 Å². The number of amides is 1. The summed E-state index contributed by atoms with van der Waals surface area (Å²) >= 11 is 5.89. The van der Waals surface area contributed by atoms with Crippen LogP contribution in [0.2, 0.25) is 5.02 Å². The van der Waals surface area contributed by atoms with Gasteiger partial charge in [0.05, 0.1) is 5.56 Å². The molecule has 0 aromatic heterocycles. The van der Waals surface area contributed by atoms with E-state index in [0.29, 0.717) is 22.0 Å². The number of para-hydroxylation sites is 1. The molecule has 21 heavy (non-hydrogen) atoms. The topological polar surface area (TPSA) is 62.1 Å². The number of carbonyl (C=O) groups excluding carboxylic acids is 1. The van der Waals surface area contributed by atoms with Gasteiger partial charge in [-0.25, -0.2) is 0 Å². The van der Waals surface area contributed by atoms with Crippen molar-refractivity contribution < 1.29 is 9.53 Å². The Bertz CT molecular complexity index is 708. The molecular formula is C16H13ClN2O2. The predicted octanol–water partition coefficient (Wildman–Crippen LogP) is 3.54. The molecule has 0 saturated carbocycles. The largest absolute Gasteiger partial charge is 0.482 e. The molecule has 1 amide bonds. The van der Waals surface area contributed by atoms with Crippen molar-refractivity contribution in [3.05, 3.63) is 58.6 Å². The fourth-order valence-corrected chi connectivity index (χ4v) is 1.92. The number of hydrogen-bond donors (Lipinski definition) is 1. The van der Waals surface area contributed by atoms with Gasteiger partial charge in [-0.3, -0.25) is 4.79 Å². The van der Waals surface area contributed by atoms with Crippen molar-refractivity contribution in [1.29, 1.82) is 5.26 Å². The van der Waals surface area contributed by atoms with Crippen LogP contribution in [0.25, 0.3) is 0 Å². The molecule has 106 valence electrons. The molecule has 0 bridgehead atoms. The number of hydrogen-bond acceptors (Lipinski definition) is 3. The smallest absolute Gasteiger partial charge is 0.262 e. The number of nitrogens with zero attached hydrogens (tertiary/aromatic N) is 1. The number of aryl methyl sites for hydroxylation is 1. The predicted molar refractivity (Wildman–Crippen MR) is 81.5 cm³/mol. The van der Waals surface area contributed by atoms with Crippen LogP contribution in [0.15, 0.2) is 42.5 Å². The maximum atomic E-state index is 11.9. The van der Waals surface area contributed by atoms with E-state index in [1.165, 1.54) is 0 Å². The summed E-state index contributed by atoms with van der Waals surface area (Å²) in [6.45, 7) is 1.70. The molecule has 0 aliphatic heterocycles. The molecule has 0 radical (unpaired) electrons. The van der Waals surface area contributed by atoms with Crippen molar-refractivity contribution >= 4 is 23.2 Å². The van der Waals surface area contributed by atoms with Crippen LogP contribution in [0, 0.1) is 18.3 Å². The zero-order valence-electron chi connectivity index (χ0n) is 11.4. The molecule has 0 unspecified atom stereocenters. The van der Waals surface area contributed by atoms with Gasteiger partial charge in [0.1, 0.15) is 11.8 Å². The van der Waals surface area contributed by atoms with Gasteiger partial charge in [0.2, 0.25) is 0 Å². The van der Waals surface area contributed by atoms with E-state index >= 15 is 0 Å². The molecule has 2 rings (SSSR count). The molecule has 0 aliphatic carbocycles. The van der Waals surface area contributed by atoms with Crippen LogP contribution in [0.3, 0.4) is 0 Å². The number of benzene rings is 2. The first-order chi connectivity index (χ1) is 10.1. The zero-order chi connectivity index (χ0) is 15.2. The van der Waals surface area contributed by atoms with Crippen LogP contribution in [0.4, 0.5) is 5.69 Å². The van der Waals surface area contributed by atoms with Gasteiger partial charge in [0.25, 0.3) is 5.91 Å². The van der Waals surface area contributed by atoms with E-state index < -0.39 is 0 Å². The molecule has 2 aromatic carbocycles. The van der Waals surface area contributed by atoms with E-state index in [1.807, 2.05) is 19.1 Å². The second-order valence-electron chi connectivity index (χ2n) is 4.40. The molecule has 0 heterocycles. The maximum Gasteiger partial charge on any atom is 0.262 e. The average Bonchev–Trinajstić information content (AvgIpc) is 2.49. The highest BCUT2D eigenvalue weighted by Crippen LogP contribution is 2.20. The van der Waals surface area contributed by atoms with Crippen molar-refractivity contribution in [3.8, 4) is 11.8 Å². The van der Waals surface area contributed by atoms with Gasteiger partial charge in [0, 0.05) is 10.7 Å². The van der Waals surface area contributed by atoms with Gasteiger partial charge in [-0.1, -0.05) is 29.8 Å². The average molecular weight is 301 g/mol. The van der Waals surface area contributed by atoms with Crippen LogP contribution in [-0.4, -0.2) is 12.5 Å². The summed E-state index contributed by atoms with van der Waals surface area (Å²) in [7, 11) is 0. The molecule has 0 aliphatic rings. The zero-order valence-corrected chi connectivity index (χ0v) is 12.1. The van der Waals surface area contributed by atoms with Gasteiger partial charge >= 0.3 is 0 Å². The number of ether oxygens (including phenoxy) is 1. The maximum absolute atomic E-state index is 11.9. The minimum Gasteiger partial charge on any atom is -0.482 e. The number of rotatable bonds is 4. The third-order valence-electron chi connectivity index (χ3n) is 2.84. The Morgan fingerprint density at radius 3 is 2.86 bits per heavy atom.